The Morgan fingerprint density at radius 1 is 0.792 bits per heavy atom. The quantitative estimate of drug-likeness (QED) is 0.718. The number of fused-ring (bicyclic) bond motifs is 3. The minimum atomic E-state index is 0.0108. The van der Waals surface area contributed by atoms with Gasteiger partial charge in [-0.1, -0.05) is 62.4 Å². The summed E-state index contributed by atoms with van der Waals surface area (Å²) in [7, 11) is 0.699. The van der Waals surface area contributed by atoms with Crippen molar-refractivity contribution >= 4 is 7.69 Å². The van der Waals surface area contributed by atoms with Crippen LogP contribution >= 0.6 is 0 Å². The zero-order chi connectivity index (χ0) is 16.7. The highest BCUT2D eigenvalue weighted by Gasteiger charge is 2.35. The van der Waals surface area contributed by atoms with Gasteiger partial charge in [-0.3, -0.25) is 0 Å². The minimum absolute atomic E-state index is 0.0108. The van der Waals surface area contributed by atoms with Crippen molar-refractivity contribution in [3.05, 3.63) is 77.9 Å². The van der Waals surface area contributed by atoms with Crippen molar-refractivity contribution in [3.8, 4) is 28.0 Å². The fourth-order valence-corrected chi connectivity index (χ4v) is 3.67. The topological polar surface area (TPSA) is 29.5 Å². The summed E-state index contributed by atoms with van der Waals surface area (Å²) in [5.74, 6) is 0.621. The molecule has 117 valence electrons. The van der Waals surface area contributed by atoms with Gasteiger partial charge in [-0.25, -0.2) is 0 Å². The molecule has 0 fully saturated rings. The molecule has 0 aromatic heterocycles. The number of hydrogen-bond donors (Lipinski definition) is 1. The van der Waals surface area contributed by atoms with Gasteiger partial charge in [-0.05, 0) is 51.6 Å². The largest absolute Gasteiger partial charge is 0.569 e. The summed E-state index contributed by atoms with van der Waals surface area (Å²) in [4.78, 5) is 0. The van der Waals surface area contributed by atoms with Gasteiger partial charge < -0.3 is 9.68 Å². The maximum atomic E-state index is 8.71. The van der Waals surface area contributed by atoms with Gasteiger partial charge in [0, 0.05) is 5.41 Å². The number of hydrogen-bond acceptors (Lipinski definition) is 2. The highest BCUT2D eigenvalue weighted by atomic mass is 16.5. The summed E-state index contributed by atoms with van der Waals surface area (Å²) in [6, 6.07) is 23.1. The van der Waals surface area contributed by atoms with Crippen molar-refractivity contribution < 1.29 is 9.68 Å². The lowest BCUT2D eigenvalue weighted by molar-refractivity contribution is 0.454. The van der Waals surface area contributed by atoms with E-state index in [1.165, 1.54) is 27.8 Å². The first-order valence-electron chi connectivity index (χ1n) is 8.08. The molecular weight excluding hydrogens is 295 g/mol. The Labute approximate surface area is 143 Å². The van der Waals surface area contributed by atoms with Crippen LogP contribution in [0.15, 0.2) is 66.7 Å². The molecule has 3 aromatic carbocycles. The molecule has 1 aliphatic carbocycles. The van der Waals surface area contributed by atoms with Crippen molar-refractivity contribution in [1.29, 1.82) is 0 Å². The molecule has 0 aliphatic heterocycles. The minimum Gasteiger partial charge on any atom is -0.537 e. The van der Waals surface area contributed by atoms with E-state index in [-0.39, 0.29) is 5.41 Å². The van der Waals surface area contributed by atoms with E-state index in [9.17, 15) is 0 Å². The van der Waals surface area contributed by atoms with Gasteiger partial charge in [0.05, 0.1) is 0 Å². The SMILES string of the molecule is CC1(C)c2ccccc2-c2ccc(-c3ccc(O[B]O)cc3)cc21. The molecule has 0 saturated carbocycles. The third-order valence-electron chi connectivity index (χ3n) is 4.96. The van der Waals surface area contributed by atoms with Crippen LogP contribution in [0, 0.1) is 0 Å². The van der Waals surface area contributed by atoms with Gasteiger partial charge in [-0.15, -0.1) is 0 Å². The molecule has 0 spiro atoms. The van der Waals surface area contributed by atoms with E-state index in [4.69, 9.17) is 9.68 Å². The lowest BCUT2D eigenvalue weighted by Gasteiger charge is -2.22. The zero-order valence-electron chi connectivity index (χ0n) is 13.8. The predicted octanol–water partition coefficient (Wildman–Crippen LogP) is 4.57. The van der Waals surface area contributed by atoms with Crippen LogP contribution < -0.4 is 4.65 Å². The average Bonchev–Trinajstić information content (AvgIpc) is 2.84. The van der Waals surface area contributed by atoms with Gasteiger partial charge >= 0.3 is 7.69 Å². The molecule has 0 saturated heterocycles. The highest BCUT2D eigenvalue weighted by Crippen LogP contribution is 2.49. The van der Waals surface area contributed by atoms with Gasteiger partial charge in [0.2, 0.25) is 0 Å². The van der Waals surface area contributed by atoms with E-state index in [2.05, 4.69) is 56.3 Å². The predicted molar refractivity (Wildman–Crippen MR) is 98.0 cm³/mol. The summed E-state index contributed by atoms with van der Waals surface area (Å²) < 4.78 is 4.98. The smallest absolute Gasteiger partial charge is 0.537 e. The van der Waals surface area contributed by atoms with Crippen molar-refractivity contribution in [3.63, 3.8) is 0 Å². The van der Waals surface area contributed by atoms with Gasteiger partial charge in [-0.2, -0.15) is 0 Å². The van der Waals surface area contributed by atoms with Crippen LogP contribution in [0.25, 0.3) is 22.3 Å². The van der Waals surface area contributed by atoms with Crippen LogP contribution in [-0.4, -0.2) is 12.7 Å². The van der Waals surface area contributed by atoms with Crippen molar-refractivity contribution in [2.45, 2.75) is 19.3 Å². The van der Waals surface area contributed by atoms with Crippen LogP contribution in [0.1, 0.15) is 25.0 Å². The molecule has 1 aliphatic rings. The third kappa shape index (κ3) is 2.24. The summed E-state index contributed by atoms with van der Waals surface area (Å²) in [6.45, 7) is 4.57. The van der Waals surface area contributed by atoms with Crippen LogP contribution in [0.2, 0.25) is 0 Å². The Hall–Kier alpha value is -2.52. The van der Waals surface area contributed by atoms with E-state index in [0.29, 0.717) is 13.4 Å². The lowest BCUT2D eigenvalue weighted by Crippen LogP contribution is -2.14. The first-order valence-corrected chi connectivity index (χ1v) is 8.08. The van der Waals surface area contributed by atoms with Gasteiger partial charge in [0.15, 0.2) is 0 Å². The molecule has 0 heterocycles. The fraction of sp³-hybridized carbons (Fsp3) is 0.143. The Morgan fingerprint density at radius 3 is 2.21 bits per heavy atom. The number of rotatable bonds is 3. The van der Waals surface area contributed by atoms with Crippen molar-refractivity contribution in [1.82, 2.24) is 0 Å². The lowest BCUT2D eigenvalue weighted by atomic mass is 9.81. The van der Waals surface area contributed by atoms with Crippen molar-refractivity contribution in [2.24, 2.45) is 0 Å². The highest BCUT2D eigenvalue weighted by molar-refractivity contribution is 6.17. The molecule has 24 heavy (non-hydrogen) atoms. The maximum absolute atomic E-state index is 8.71. The molecular formula is C21H18BO2. The zero-order valence-corrected chi connectivity index (χ0v) is 13.8. The molecule has 3 heteroatoms. The summed E-state index contributed by atoms with van der Waals surface area (Å²) in [5.41, 5.74) is 7.76. The van der Waals surface area contributed by atoms with Gasteiger partial charge in [0.25, 0.3) is 0 Å². The third-order valence-corrected chi connectivity index (χ3v) is 4.96. The molecule has 0 unspecified atom stereocenters. The monoisotopic (exact) mass is 313 g/mol. The molecule has 0 bridgehead atoms. The van der Waals surface area contributed by atoms with E-state index in [1.54, 1.807) is 0 Å². The van der Waals surface area contributed by atoms with Crippen LogP contribution in [0.4, 0.5) is 0 Å². The van der Waals surface area contributed by atoms with E-state index in [0.717, 1.165) is 5.56 Å². The average molecular weight is 313 g/mol. The summed E-state index contributed by atoms with van der Waals surface area (Å²) in [6.07, 6.45) is 0. The number of benzene rings is 3. The Morgan fingerprint density at radius 2 is 1.46 bits per heavy atom. The second kappa shape index (κ2) is 5.54. The molecule has 3 aromatic rings. The molecule has 4 rings (SSSR count). The summed E-state index contributed by atoms with van der Waals surface area (Å²) in [5, 5.41) is 8.71. The Balaban J connectivity index is 1.79. The van der Waals surface area contributed by atoms with Crippen molar-refractivity contribution in [2.75, 3.05) is 0 Å². The molecule has 2 nitrogen and oxygen atoms in total. The van der Waals surface area contributed by atoms with Crippen LogP contribution in [0.5, 0.6) is 5.75 Å². The van der Waals surface area contributed by atoms with E-state index >= 15 is 0 Å². The molecule has 1 N–H and O–H groups in total. The normalized spacial score (nSPS) is 14.0. The maximum Gasteiger partial charge on any atom is 0.569 e. The van der Waals surface area contributed by atoms with E-state index < -0.39 is 0 Å². The first-order chi connectivity index (χ1) is 11.6. The van der Waals surface area contributed by atoms with Crippen LogP contribution in [-0.2, 0) is 5.41 Å². The first kappa shape index (κ1) is 15.0. The second-order valence-corrected chi connectivity index (χ2v) is 6.68. The molecule has 1 radical (unpaired) electrons. The summed E-state index contributed by atoms with van der Waals surface area (Å²) >= 11 is 0. The Bertz CT molecular complexity index is 898. The molecule has 0 atom stereocenters. The van der Waals surface area contributed by atoms with E-state index in [1.807, 2.05) is 24.3 Å². The van der Waals surface area contributed by atoms with Gasteiger partial charge in [0.1, 0.15) is 5.75 Å². The van der Waals surface area contributed by atoms with Crippen LogP contribution in [0.3, 0.4) is 0 Å². The Kier molecular flexibility index (Phi) is 3.47. The molecule has 0 amide bonds. The second-order valence-electron chi connectivity index (χ2n) is 6.68. The fourth-order valence-electron chi connectivity index (χ4n) is 3.67. The standard InChI is InChI=1S/C21H18BO2/c1-21(2)19-6-4-3-5-17(19)18-12-9-15(13-20(18)21)14-7-10-16(11-8-14)24-22-23/h3-13,23H,1-2H3.